The van der Waals surface area contributed by atoms with Gasteiger partial charge in [-0.3, -0.25) is 4.68 Å². The third-order valence-corrected chi connectivity index (χ3v) is 4.54. The van der Waals surface area contributed by atoms with Gasteiger partial charge in [0, 0.05) is 35.4 Å². The first-order valence-electron chi connectivity index (χ1n) is 5.47. The summed E-state index contributed by atoms with van der Waals surface area (Å²) in [6, 6.07) is 2.44. The van der Waals surface area contributed by atoms with Crippen LogP contribution in [0.4, 0.5) is 0 Å². The molecule has 6 heteroatoms. The summed E-state index contributed by atoms with van der Waals surface area (Å²) >= 11 is 5.31. The zero-order chi connectivity index (χ0) is 12.3. The highest BCUT2D eigenvalue weighted by Gasteiger charge is 2.10. The summed E-state index contributed by atoms with van der Waals surface area (Å²) in [6.07, 6.45) is 2.59. The van der Waals surface area contributed by atoms with E-state index in [9.17, 15) is 0 Å². The van der Waals surface area contributed by atoms with Crippen molar-refractivity contribution >= 4 is 27.3 Å². The molecule has 0 aromatic carbocycles. The van der Waals surface area contributed by atoms with Gasteiger partial charge in [-0.05, 0) is 34.3 Å². The summed E-state index contributed by atoms with van der Waals surface area (Å²) in [4.78, 5) is 5.53. The van der Waals surface area contributed by atoms with Crippen LogP contribution in [0.1, 0.15) is 23.7 Å². The van der Waals surface area contributed by atoms with E-state index in [1.54, 1.807) is 22.3 Å². The van der Waals surface area contributed by atoms with E-state index in [4.69, 9.17) is 0 Å². The van der Waals surface area contributed by atoms with Gasteiger partial charge in [-0.15, -0.1) is 11.3 Å². The molecule has 2 aromatic heterocycles. The molecule has 17 heavy (non-hydrogen) atoms. The minimum absolute atomic E-state index is 0.355. The van der Waals surface area contributed by atoms with Crippen LogP contribution in [0.5, 0.6) is 0 Å². The topological polar surface area (TPSA) is 42.7 Å². The number of thiophene rings is 1. The molecule has 0 saturated carbocycles. The Morgan fingerprint density at radius 1 is 1.59 bits per heavy atom. The Balaban J connectivity index is 1.81. The molecule has 2 aromatic rings. The van der Waals surface area contributed by atoms with Crippen LogP contribution in [-0.2, 0) is 13.5 Å². The van der Waals surface area contributed by atoms with Crippen LogP contribution in [0, 0.1) is 0 Å². The quantitative estimate of drug-likeness (QED) is 0.922. The van der Waals surface area contributed by atoms with Crippen molar-refractivity contribution in [1.82, 2.24) is 20.1 Å². The number of halogens is 1. The monoisotopic (exact) mass is 314 g/mol. The summed E-state index contributed by atoms with van der Waals surface area (Å²) in [7, 11) is 1.88. The fraction of sp³-hybridized carbons (Fsp3) is 0.455. The first kappa shape index (κ1) is 12.7. The molecule has 1 unspecified atom stereocenters. The fourth-order valence-electron chi connectivity index (χ4n) is 1.61. The van der Waals surface area contributed by atoms with Gasteiger partial charge in [0.2, 0.25) is 0 Å². The van der Waals surface area contributed by atoms with Crippen molar-refractivity contribution in [3.63, 3.8) is 0 Å². The molecule has 4 nitrogen and oxygen atoms in total. The molecule has 0 radical (unpaired) electrons. The predicted molar refractivity (Wildman–Crippen MR) is 73.1 cm³/mol. The molecule has 0 aliphatic heterocycles. The van der Waals surface area contributed by atoms with Crippen molar-refractivity contribution in [3.8, 4) is 0 Å². The summed E-state index contributed by atoms with van der Waals surface area (Å²) in [5.41, 5.74) is 0. The standard InChI is InChI=1S/C11H15BrN4S/c1-8(11-9(12)4-6-17-11)13-5-3-10-14-7-16(2)15-10/h4,6-8,13H,3,5H2,1-2H3. The number of nitrogens with zero attached hydrogens (tertiary/aromatic N) is 3. The molecule has 0 spiro atoms. The average molecular weight is 315 g/mol. The number of hydrogen-bond donors (Lipinski definition) is 1. The lowest BCUT2D eigenvalue weighted by atomic mass is 10.2. The molecule has 1 N–H and O–H groups in total. The molecule has 0 aliphatic rings. The van der Waals surface area contributed by atoms with Gasteiger partial charge in [0.1, 0.15) is 6.33 Å². The molecule has 0 amide bonds. The van der Waals surface area contributed by atoms with Crippen molar-refractivity contribution in [2.45, 2.75) is 19.4 Å². The first-order chi connectivity index (χ1) is 8.16. The minimum Gasteiger partial charge on any atom is -0.309 e. The summed E-state index contributed by atoms with van der Waals surface area (Å²) < 4.78 is 2.91. The normalized spacial score (nSPS) is 12.9. The molecule has 1 atom stereocenters. The highest BCUT2D eigenvalue weighted by Crippen LogP contribution is 2.28. The van der Waals surface area contributed by atoms with Crippen molar-refractivity contribution in [3.05, 3.63) is 32.9 Å². The lowest BCUT2D eigenvalue weighted by Crippen LogP contribution is -2.21. The van der Waals surface area contributed by atoms with E-state index < -0.39 is 0 Å². The lowest BCUT2D eigenvalue weighted by molar-refractivity contribution is 0.574. The molecule has 2 rings (SSSR count). The molecular weight excluding hydrogens is 300 g/mol. The van der Waals surface area contributed by atoms with Gasteiger partial charge in [-0.2, -0.15) is 5.10 Å². The lowest BCUT2D eigenvalue weighted by Gasteiger charge is -2.11. The Morgan fingerprint density at radius 2 is 2.41 bits per heavy atom. The van der Waals surface area contributed by atoms with E-state index in [0.29, 0.717) is 6.04 Å². The zero-order valence-corrected chi connectivity index (χ0v) is 12.3. The number of rotatable bonds is 5. The van der Waals surface area contributed by atoms with Crippen molar-refractivity contribution in [2.24, 2.45) is 7.05 Å². The van der Waals surface area contributed by atoms with Gasteiger partial charge in [0.05, 0.1) is 0 Å². The third-order valence-electron chi connectivity index (χ3n) is 2.48. The highest BCUT2D eigenvalue weighted by atomic mass is 79.9. The maximum Gasteiger partial charge on any atom is 0.151 e. The van der Waals surface area contributed by atoms with Crippen LogP contribution in [-0.4, -0.2) is 21.3 Å². The van der Waals surface area contributed by atoms with Gasteiger partial charge < -0.3 is 5.32 Å². The SMILES string of the molecule is CC(NCCc1ncn(C)n1)c1sccc1Br. The van der Waals surface area contributed by atoms with E-state index in [0.717, 1.165) is 18.8 Å². The second kappa shape index (κ2) is 5.75. The Hall–Kier alpha value is -0.720. The number of nitrogens with one attached hydrogen (secondary N) is 1. The second-order valence-electron chi connectivity index (χ2n) is 3.89. The Kier molecular flexibility index (Phi) is 4.31. The number of aryl methyl sites for hydroxylation is 1. The Labute approximate surface area is 113 Å². The Morgan fingerprint density at radius 3 is 3.00 bits per heavy atom. The van der Waals surface area contributed by atoms with E-state index in [1.165, 1.54) is 9.35 Å². The molecule has 0 fully saturated rings. The third kappa shape index (κ3) is 3.37. The van der Waals surface area contributed by atoms with Gasteiger partial charge >= 0.3 is 0 Å². The van der Waals surface area contributed by atoms with E-state index in [2.05, 4.69) is 49.7 Å². The Bertz CT molecular complexity index is 479. The fourth-order valence-corrected chi connectivity index (χ4v) is 3.36. The van der Waals surface area contributed by atoms with Crippen LogP contribution in [0.2, 0.25) is 0 Å². The highest BCUT2D eigenvalue weighted by molar-refractivity contribution is 9.10. The van der Waals surface area contributed by atoms with Gasteiger partial charge in [-0.25, -0.2) is 4.98 Å². The van der Waals surface area contributed by atoms with Crippen LogP contribution < -0.4 is 5.32 Å². The molecule has 0 saturated heterocycles. The van der Waals surface area contributed by atoms with E-state index in [-0.39, 0.29) is 0 Å². The molecular formula is C11H15BrN4S. The summed E-state index contributed by atoms with van der Waals surface area (Å²) in [5, 5.41) is 9.82. The largest absolute Gasteiger partial charge is 0.309 e. The maximum absolute atomic E-state index is 4.25. The summed E-state index contributed by atoms with van der Waals surface area (Å²) in [5.74, 6) is 0.887. The van der Waals surface area contributed by atoms with Crippen molar-refractivity contribution in [1.29, 1.82) is 0 Å². The van der Waals surface area contributed by atoms with Gasteiger partial charge in [-0.1, -0.05) is 0 Å². The van der Waals surface area contributed by atoms with Crippen LogP contribution in [0.15, 0.2) is 22.2 Å². The van der Waals surface area contributed by atoms with Crippen LogP contribution in [0.3, 0.4) is 0 Å². The molecule has 0 aliphatic carbocycles. The minimum atomic E-state index is 0.355. The van der Waals surface area contributed by atoms with Gasteiger partial charge in [0.15, 0.2) is 5.82 Å². The number of aromatic nitrogens is 3. The zero-order valence-electron chi connectivity index (χ0n) is 9.85. The predicted octanol–water partition coefficient (Wildman–Crippen LogP) is 2.53. The maximum atomic E-state index is 4.25. The van der Waals surface area contributed by atoms with Gasteiger partial charge in [0.25, 0.3) is 0 Å². The first-order valence-corrected chi connectivity index (χ1v) is 7.15. The second-order valence-corrected chi connectivity index (χ2v) is 5.70. The number of hydrogen-bond acceptors (Lipinski definition) is 4. The molecule has 2 heterocycles. The smallest absolute Gasteiger partial charge is 0.151 e. The van der Waals surface area contributed by atoms with Crippen LogP contribution in [0.25, 0.3) is 0 Å². The van der Waals surface area contributed by atoms with E-state index in [1.807, 2.05) is 7.05 Å². The van der Waals surface area contributed by atoms with Crippen molar-refractivity contribution < 1.29 is 0 Å². The van der Waals surface area contributed by atoms with Crippen molar-refractivity contribution in [2.75, 3.05) is 6.54 Å². The average Bonchev–Trinajstić information content (AvgIpc) is 2.87. The van der Waals surface area contributed by atoms with E-state index >= 15 is 0 Å². The molecule has 0 bridgehead atoms. The summed E-state index contributed by atoms with van der Waals surface area (Å²) in [6.45, 7) is 3.05. The molecule has 92 valence electrons. The van der Waals surface area contributed by atoms with Crippen LogP contribution >= 0.6 is 27.3 Å².